The molecule has 0 fully saturated rings. The summed E-state index contributed by atoms with van der Waals surface area (Å²) >= 11 is 6.09. The Morgan fingerprint density at radius 2 is 2.15 bits per heavy atom. The van der Waals surface area contributed by atoms with Gasteiger partial charge in [-0.3, -0.25) is 5.32 Å². The summed E-state index contributed by atoms with van der Waals surface area (Å²) < 4.78 is 15.1. The van der Waals surface area contributed by atoms with Crippen LogP contribution in [0.15, 0.2) is 18.2 Å². The monoisotopic (exact) mass is 301 g/mol. The molecule has 1 unspecified atom stereocenters. The fourth-order valence-electron chi connectivity index (χ4n) is 1.73. The molecule has 0 heterocycles. The Morgan fingerprint density at radius 1 is 1.40 bits per heavy atom. The van der Waals surface area contributed by atoms with Crippen molar-refractivity contribution in [2.75, 3.05) is 34.0 Å². The van der Waals surface area contributed by atoms with E-state index in [1.54, 1.807) is 39.3 Å². The lowest BCUT2D eigenvalue weighted by molar-refractivity contribution is -0.145. The normalized spacial score (nSPS) is 12.0. The van der Waals surface area contributed by atoms with Gasteiger partial charge in [-0.1, -0.05) is 17.7 Å². The molecule has 0 aliphatic rings. The smallest absolute Gasteiger partial charge is 0.327 e. The summed E-state index contributed by atoms with van der Waals surface area (Å²) in [5.74, 6) is 0.222. The first-order valence-electron chi connectivity index (χ1n) is 6.36. The molecule has 0 aliphatic heterocycles. The Kier molecular flexibility index (Phi) is 7.36. The highest BCUT2D eigenvalue weighted by molar-refractivity contribution is 6.32. The summed E-state index contributed by atoms with van der Waals surface area (Å²) in [6.07, 6.45) is 0. The third-order valence-corrected chi connectivity index (χ3v) is 2.98. The van der Waals surface area contributed by atoms with E-state index < -0.39 is 6.04 Å². The van der Waals surface area contributed by atoms with Crippen LogP contribution in [-0.4, -0.2) is 39.9 Å². The minimum absolute atomic E-state index is 0.325. The highest BCUT2D eigenvalue weighted by Gasteiger charge is 2.22. The molecule has 1 rings (SSSR count). The number of carbonyl (C=O) groups is 1. The maximum absolute atomic E-state index is 12.0. The third-order valence-electron chi connectivity index (χ3n) is 2.69. The van der Waals surface area contributed by atoms with Gasteiger partial charge in [-0.05, 0) is 24.6 Å². The number of carbonyl (C=O) groups excluding carboxylic acids is 1. The number of methoxy groups -OCH3 is 2. The summed E-state index contributed by atoms with van der Waals surface area (Å²) in [5, 5.41) is 3.54. The molecule has 0 bridgehead atoms. The molecule has 0 aromatic heterocycles. The second kappa shape index (κ2) is 8.79. The van der Waals surface area contributed by atoms with Crippen LogP contribution in [0.4, 0.5) is 0 Å². The lowest BCUT2D eigenvalue weighted by Crippen LogP contribution is -2.32. The molecule has 0 saturated carbocycles. The Bertz CT molecular complexity index is 439. The number of esters is 1. The summed E-state index contributed by atoms with van der Waals surface area (Å²) in [6.45, 7) is 3.12. The van der Waals surface area contributed by atoms with Gasteiger partial charge in [-0.15, -0.1) is 0 Å². The van der Waals surface area contributed by atoms with Crippen LogP contribution in [0.5, 0.6) is 5.75 Å². The Hall–Kier alpha value is -1.30. The quantitative estimate of drug-likeness (QED) is 0.589. The summed E-state index contributed by atoms with van der Waals surface area (Å²) in [7, 11) is 3.14. The van der Waals surface area contributed by atoms with Gasteiger partial charge in [0.15, 0.2) is 0 Å². The van der Waals surface area contributed by atoms with Gasteiger partial charge in [0.25, 0.3) is 0 Å². The molecule has 1 N–H and O–H groups in total. The van der Waals surface area contributed by atoms with Gasteiger partial charge in [-0.2, -0.15) is 0 Å². The fraction of sp³-hybridized carbons (Fsp3) is 0.500. The highest BCUT2D eigenvalue weighted by atomic mass is 35.5. The maximum Gasteiger partial charge on any atom is 0.327 e. The number of ether oxygens (including phenoxy) is 3. The van der Waals surface area contributed by atoms with Crippen molar-refractivity contribution < 1.29 is 19.0 Å². The molecule has 0 radical (unpaired) electrons. The minimum atomic E-state index is -0.575. The van der Waals surface area contributed by atoms with Crippen LogP contribution in [0, 0.1) is 0 Å². The van der Waals surface area contributed by atoms with Gasteiger partial charge in [0.2, 0.25) is 0 Å². The standard InChI is InChI=1S/C14H20ClNO4/c1-4-20-14(17)13(16-7-8-18-2)10-5-6-12(19-3)11(15)9-10/h5-6,9,13,16H,4,7-8H2,1-3H3. The molecular weight excluding hydrogens is 282 g/mol. The first-order valence-corrected chi connectivity index (χ1v) is 6.74. The zero-order chi connectivity index (χ0) is 15.0. The predicted molar refractivity (Wildman–Crippen MR) is 77.3 cm³/mol. The number of hydrogen-bond acceptors (Lipinski definition) is 5. The number of halogens is 1. The number of nitrogens with one attached hydrogen (secondary N) is 1. The summed E-state index contributed by atoms with van der Waals surface area (Å²) in [5.41, 5.74) is 0.727. The van der Waals surface area contributed by atoms with E-state index in [0.29, 0.717) is 30.5 Å². The molecule has 6 heteroatoms. The van der Waals surface area contributed by atoms with E-state index in [1.165, 1.54) is 0 Å². The van der Waals surface area contributed by atoms with Crippen LogP contribution >= 0.6 is 11.6 Å². The Labute approximate surface area is 124 Å². The predicted octanol–water partition coefficient (Wildman–Crippen LogP) is 2.19. The van der Waals surface area contributed by atoms with Gasteiger partial charge < -0.3 is 14.2 Å². The Balaban J connectivity index is 2.90. The Morgan fingerprint density at radius 3 is 2.70 bits per heavy atom. The van der Waals surface area contributed by atoms with Crippen molar-refractivity contribution in [3.8, 4) is 5.75 Å². The number of rotatable bonds is 8. The van der Waals surface area contributed by atoms with Gasteiger partial charge >= 0.3 is 5.97 Å². The van der Waals surface area contributed by atoms with E-state index in [1.807, 2.05) is 0 Å². The largest absolute Gasteiger partial charge is 0.495 e. The molecule has 0 aliphatic carbocycles. The zero-order valence-corrected chi connectivity index (χ0v) is 12.7. The van der Waals surface area contributed by atoms with Gasteiger partial charge in [-0.25, -0.2) is 4.79 Å². The van der Waals surface area contributed by atoms with E-state index in [9.17, 15) is 4.79 Å². The summed E-state index contributed by atoms with van der Waals surface area (Å²) in [4.78, 5) is 12.0. The molecule has 20 heavy (non-hydrogen) atoms. The first-order chi connectivity index (χ1) is 9.63. The molecule has 0 saturated heterocycles. The number of benzene rings is 1. The van der Waals surface area contributed by atoms with E-state index >= 15 is 0 Å². The first kappa shape index (κ1) is 16.8. The van der Waals surface area contributed by atoms with Crippen molar-refractivity contribution in [3.05, 3.63) is 28.8 Å². The minimum Gasteiger partial charge on any atom is -0.495 e. The highest BCUT2D eigenvalue weighted by Crippen LogP contribution is 2.28. The molecule has 0 amide bonds. The van der Waals surface area contributed by atoms with Crippen LogP contribution in [-0.2, 0) is 14.3 Å². The zero-order valence-electron chi connectivity index (χ0n) is 11.9. The molecule has 0 spiro atoms. The summed E-state index contributed by atoms with van der Waals surface area (Å²) in [6, 6.07) is 4.63. The van der Waals surface area contributed by atoms with Gasteiger partial charge in [0, 0.05) is 13.7 Å². The molecular formula is C14H20ClNO4. The third kappa shape index (κ3) is 4.67. The molecule has 5 nitrogen and oxygen atoms in total. The molecule has 1 aromatic carbocycles. The van der Waals surface area contributed by atoms with Crippen molar-refractivity contribution in [2.45, 2.75) is 13.0 Å². The van der Waals surface area contributed by atoms with Gasteiger partial charge in [0.05, 0.1) is 25.3 Å². The van der Waals surface area contributed by atoms with E-state index in [4.69, 9.17) is 25.8 Å². The second-order valence-electron chi connectivity index (χ2n) is 4.03. The maximum atomic E-state index is 12.0. The van der Waals surface area contributed by atoms with Crippen molar-refractivity contribution in [1.82, 2.24) is 5.32 Å². The van der Waals surface area contributed by atoms with Crippen molar-refractivity contribution in [3.63, 3.8) is 0 Å². The van der Waals surface area contributed by atoms with E-state index in [2.05, 4.69) is 5.32 Å². The SMILES string of the molecule is CCOC(=O)C(NCCOC)c1ccc(OC)c(Cl)c1. The lowest BCUT2D eigenvalue weighted by Gasteiger charge is -2.18. The second-order valence-corrected chi connectivity index (χ2v) is 4.43. The fourth-order valence-corrected chi connectivity index (χ4v) is 2.00. The van der Waals surface area contributed by atoms with Crippen LogP contribution in [0.25, 0.3) is 0 Å². The van der Waals surface area contributed by atoms with Crippen LogP contribution in [0.3, 0.4) is 0 Å². The van der Waals surface area contributed by atoms with Crippen LogP contribution < -0.4 is 10.1 Å². The average molecular weight is 302 g/mol. The van der Waals surface area contributed by atoms with E-state index in [-0.39, 0.29) is 5.97 Å². The van der Waals surface area contributed by atoms with E-state index in [0.717, 1.165) is 5.56 Å². The van der Waals surface area contributed by atoms with Crippen molar-refractivity contribution in [2.24, 2.45) is 0 Å². The van der Waals surface area contributed by atoms with Crippen LogP contribution in [0.1, 0.15) is 18.5 Å². The van der Waals surface area contributed by atoms with Crippen molar-refractivity contribution >= 4 is 17.6 Å². The molecule has 1 aromatic rings. The molecule has 1 atom stereocenters. The van der Waals surface area contributed by atoms with Gasteiger partial charge in [0.1, 0.15) is 11.8 Å². The lowest BCUT2D eigenvalue weighted by atomic mass is 10.1. The topological polar surface area (TPSA) is 56.8 Å². The van der Waals surface area contributed by atoms with Crippen LogP contribution in [0.2, 0.25) is 5.02 Å². The van der Waals surface area contributed by atoms with Crippen molar-refractivity contribution in [1.29, 1.82) is 0 Å². The average Bonchev–Trinajstić information content (AvgIpc) is 2.44. The number of hydrogen-bond donors (Lipinski definition) is 1. The molecule has 112 valence electrons.